The number of halogens is 2. The Hall–Kier alpha value is -0.320. The van der Waals surface area contributed by atoms with Gasteiger partial charge >= 0.3 is 5.97 Å². The number of hydrogen-bond acceptors (Lipinski definition) is 3. The fourth-order valence-corrected chi connectivity index (χ4v) is 2.09. The highest BCUT2D eigenvalue weighted by molar-refractivity contribution is 6.33. The van der Waals surface area contributed by atoms with Crippen molar-refractivity contribution in [3.05, 3.63) is 0 Å². The molecule has 1 saturated heterocycles. The van der Waals surface area contributed by atoms with E-state index in [-0.39, 0.29) is 12.3 Å². The van der Waals surface area contributed by atoms with Crippen molar-refractivity contribution in [3.8, 4) is 0 Å². The number of carboxylic acids is 1. The SMILES string of the molecule is O=C(O)[C@]1(C(=O)CCl)CCCN1Cl. The zero-order valence-corrected chi connectivity index (χ0v) is 8.31. The summed E-state index contributed by atoms with van der Waals surface area (Å²) >= 11 is 11.0. The number of carbonyl (C=O) groups excluding carboxylic acids is 1. The molecule has 1 aliphatic heterocycles. The van der Waals surface area contributed by atoms with Gasteiger partial charge in [0.25, 0.3) is 0 Å². The van der Waals surface area contributed by atoms with Gasteiger partial charge in [0, 0.05) is 6.54 Å². The van der Waals surface area contributed by atoms with E-state index in [9.17, 15) is 9.59 Å². The maximum atomic E-state index is 11.3. The van der Waals surface area contributed by atoms with E-state index in [0.717, 1.165) is 4.42 Å². The Morgan fingerprint density at radius 3 is 2.46 bits per heavy atom. The van der Waals surface area contributed by atoms with Crippen molar-refractivity contribution in [3.63, 3.8) is 0 Å². The third kappa shape index (κ3) is 1.54. The molecule has 1 aliphatic rings. The number of aliphatic carboxylic acids is 1. The number of hydrogen-bond donors (Lipinski definition) is 1. The van der Waals surface area contributed by atoms with Crippen LogP contribution in [0.15, 0.2) is 0 Å². The summed E-state index contributed by atoms with van der Waals surface area (Å²) in [6, 6.07) is 0. The van der Waals surface area contributed by atoms with Crippen LogP contribution in [-0.2, 0) is 9.59 Å². The lowest BCUT2D eigenvalue weighted by Gasteiger charge is -2.26. The fraction of sp³-hybridized carbons (Fsp3) is 0.714. The van der Waals surface area contributed by atoms with Gasteiger partial charge in [0.1, 0.15) is 0 Å². The smallest absolute Gasteiger partial charge is 0.333 e. The van der Waals surface area contributed by atoms with Crippen molar-refractivity contribution in [1.82, 2.24) is 4.42 Å². The third-order valence-electron chi connectivity index (χ3n) is 2.24. The quantitative estimate of drug-likeness (QED) is 0.440. The Bertz CT molecular complexity index is 246. The van der Waals surface area contributed by atoms with E-state index in [1.165, 1.54) is 0 Å². The Labute approximate surface area is 85.5 Å². The van der Waals surface area contributed by atoms with Crippen LogP contribution in [0.4, 0.5) is 0 Å². The molecule has 0 saturated carbocycles. The summed E-state index contributed by atoms with van der Waals surface area (Å²) in [5.74, 6) is -2.09. The van der Waals surface area contributed by atoms with E-state index < -0.39 is 17.3 Å². The number of alkyl halides is 1. The summed E-state index contributed by atoms with van der Waals surface area (Å²) in [4.78, 5) is 22.3. The van der Waals surface area contributed by atoms with Crippen LogP contribution < -0.4 is 0 Å². The minimum Gasteiger partial charge on any atom is -0.479 e. The van der Waals surface area contributed by atoms with Gasteiger partial charge in [-0.05, 0) is 24.6 Å². The monoisotopic (exact) mass is 225 g/mol. The molecule has 0 spiro atoms. The number of rotatable bonds is 3. The Morgan fingerprint density at radius 1 is 1.54 bits per heavy atom. The maximum Gasteiger partial charge on any atom is 0.333 e. The van der Waals surface area contributed by atoms with E-state index in [2.05, 4.69) is 0 Å². The van der Waals surface area contributed by atoms with E-state index in [1.54, 1.807) is 0 Å². The van der Waals surface area contributed by atoms with Gasteiger partial charge in [-0.25, -0.2) is 4.79 Å². The Morgan fingerprint density at radius 2 is 2.15 bits per heavy atom. The Balaban J connectivity index is 3.00. The lowest BCUT2D eigenvalue weighted by Crippen LogP contribution is -2.53. The van der Waals surface area contributed by atoms with Crippen molar-refractivity contribution in [2.24, 2.45) is 0 Å². The predicted molar refractivity (Wildman–Crippen MR) is 47.9 cm³/mol. The van der Waals surface area contributed by atoms with Crippen LogP contribution in [0.25, 0.3) is 0 Å². The fourth-order valence-electron chi connectivity index (χ4n) is 1.50. The van der Waals surface area contributed by atoms with Gasteiger partial charge in [-0.1, -0.05) is 0 Å². The molecule has 0 aromatic rings. The normalized spacial score (nSPS) is 29.1. The summed E-state index contributed by atoms with van der Waals surface area (Å²) < 4.78 is 1.04. The highest BCUT2D eigenvalue weighted by atomic mass is 35.5. The number of carbonyl (C=O) groups is 2. The molecule has 4 nitrogen and oxygen atoms in total. The van der Waals surface area contributed by atoms with Crippen LogP contribution in [0.5, 0.6) is 0 Å². The number of carboxylic acid groups (broad SMARTS) is 1. The van der Waals surface area contributed by atoms with Crippen LogP contribution in [-0.4, -0.2) is 39.2 Å². The van der Waals surface area contributed by atoms with Crippen molar-refractivity contribution in [2.75, 3.05) is 12.4 Å². The van der Waals surface area contributed by atoms with Gasteiger partial charge in [-0.3, -0.25) is 4.79 Å². The minimum absolute atomic E-state index is 0.234. The summed E-state index contributed by atoms with van der Waals surface area (Å²) in [7, 11) is 0. The first-order valence-corrected chi connectivity index (χ1v) is 4.69. The van der Waals surface area contributed by atoms with Crippen LogP contribution in [0.1, 0.15) is 12.8 Å². The molecule has 0 radical (unpaired) electrons. The number of ketones is 1. The molecule has 13 heavy (non-hydrogen) atoms. The standard InChI is InChI=1S/C7H9Cl2NO3/c8-4-5(11)7(6(12)13)2-1-3-10(7)9/h1-4H2,(H,12,13)/t7-/m1/s1. The highest BCUT2D eigenvalue weighted by Crippen LogP contribution is 2.32. The second-order valence-corrected chi connectivity index (χ2v) is 3.59. The second-order valence-electron chi connectivity index (χ2n) is 2.91. The molecule has 0 aromatic heterocycles. The third-order valence-corrected chi connectivity index (χ3v) is 2.94. The van der Waals surface area contributed by atoms with Crippen molar-refractivity contribution in [2.45, 2.75) is 18.4 Å². The summed E-state index contributed by atoms with van der Waals surface area (Å²) in [6.45, 7) is 0.399. The largest absolute Gasteiger partial charge is 0.479 e. The molecule has 1 heterocycles. The Kier molecular flexibility index (Phi) is 3.16. The molecule has 0 amide bonds. The van der Waals surface area contributed by atoms with Gasteiger partial charge in [-0.2, -0.15) is 4.42 Å². The zero-order valence-electron chi connectivity index (χ0n) is 6.80. The summed E-state index contributed by atoms with van der Waals surface area (Å²) in [6.07, 6.45) is 0.829. The average Bonchev–Trinajstić information content (AvgIpc) is 2.47. The average molecular weight is 226 g/mol. The topological polar surface area (TPSA) is 57.6 Å². The van der Waals surface area contributed by atoms with Crippen molar-refractivity contribution >= 4 is 35.1 Å². The summed E-state index contributed by atoms with van der Waals surface area (Å²) in [5, 5.41) is 8.93. The van der Waals surface area contributed by atoms with E-state index in [0.29, 0.717) is 13.0 Å². The molecular formula is C7H9Cl2NO3. The lowest BCUT2D eigenvalue weighted by atomic mass is 9.93. The van der Waals surface area contributed by atoms with E-state index in [4.69, 9.17) is 28.5 Å². The van der Waals surface area contributed by atoms with Gasteiger partial charge in [-0.15, -0.1) is 11.6 Å². The van der Waals surface area contributed by atoms with E-state index in [1.807, 2.05) is 0 Å². The van der Waals surface area contributed by atoms with Crippen LogP contribution in [0, 0.1) is 0 Å². The van der Waals surface area contributed by atoms with Crippen molar-refractivity contribution in [1.29, 1.82) is 0 Å². The lowest BCUT2D eigenvalue weighted by molar-refractivity contribution is -0.151. The molecular weight excluding hydrogens is 217 g/mol. The molecule has 0 bridgehead atoms. The molecule has 1 atom stereocenters. The molecule has 1 fully saturated rings. The van der Waals surface area contributed by atoms with Gasteiger partial charge < -0.3 is 5.11 Å². The van der Waals surface area contributed by atoms with Crippen LogP contribution in [0.3, 0.4) is 0 Å². The number of nitrogens with zero attached hydrogens (tertiary/aromatic N) is 1. The molecule has 1 N–H and O–H groups in total. The van der Waals surface area contributed by atoms with Crippen molar-refractivity contribution < 1.29 is 14.7 Å². The summed E-state index contributed by atoms with van der Waals surface area (Å²) in [5.41, 5.74) is -1.59. The van der Waals surface area contributed by atoms with Crippen LogP contribution >= 0.6 is 23.4 Å². The molecule has 0 unspecified atom stereocenters. The first-order chi connectivity index (χ1) is 6.05. The molecule has 74 valence electrons. The first kappa shape index (κ1) is 10.8. The van der Waals surface area contributed by atoms with Gasteiger partial charge in [0.15, 0.2) is 11.3 Å². The predicted octanol–water partition coefficient (Wildman–Crippen LogP) is 0.867. The van der Waals surface area contributed by atoms with Crippen LogP contribution in [0.2, 0.25) is 0 Å². The molecule has 0 aromatic carbocycles. The first-order valence-electron chi connectivity index (χ1n) is 3.82. The highest BCUT2D eigenvalue weighted by Gasteiger charge is 2.53. The molecule has 1 rings (SSSR count). The maximum absolute atomic E-state index is 11.3. The molecule has 6 heteroatoms. The van der Waals surface area contributed by atoms with Gasteiger partial charge in [0.05, 0.1) is 5.88 Å². The second kappa shape index (κ2) is 3.82. The van der Waals surface area contributed by atoms with E-state index >= 15 is 0 Å². The number of Topliss-reactive ketones (excluding diaryl/α,β-unsaturated/α-hetero) is 1. The minimum atomic E-state index is -1.59. The molecule has 0 aliphatic carbocycles. The van der Waals surface area contributed by atoms with Gasteiger partial charge in [0.2, 0.25) is 0 Å². The zero-order chi connectivity index (χ0) is 10.1.